The Hall–Kier alpha value is -2.69. The van der Waals surface area contributed by atoms with Crippen molar-refractivity contribution >= 4 is 41.3 Å². The van der Waals surface area contributed by atoms with Gasteiger partial charge < -0.3 is 15.4 Å². The summed E-state index contributed by atoms with van der Waals surface area (Å²) in [6.07, 6.45) is 3.10. The number of urea groups is 1. The van der Waals surface area contributed by atoms with E-state index in [1.54, 1.807) is 12.1 Å². The number of halogens is 2. The number of ether oxygens (including phenoxy) is 1. The minimum Gasteiger partial charge on any atom is -0.454 e. The number of carbonyl (C=O) groups excluding carboxylic acids is 4. The number of esters is 1. The molecule has 2 N–H and O–H groups in total. The summed E-state index contributed by atoms with van der Waals surface area (Å²) in [6, 6.07) is 5.34. The number of anilines is 1. The van der Waals surface area contributed by atoms with E-state index in [1.165, 1.54) is 12.1 Å². The highest BCUT2D eigenvalue weighted by Gasteiger charge is 2.55. The second kappa shape index (κ2) is 9.63. The van der Waals surface area contributed by atoms with Crippen molar-refractivity contribution in [2.75, 3.05) is 18.5 Å². The van der Waals surface area contributed by atoms with Gasteiger partial charge in [0.2, 0.25) is 0 Å². The van der Waals surface area contributed by atoms with Gasteiger partial charge in [-0.15, -0.1) is 0 Å². The molecule has 2 aliphatic rings. The van der Waals surface area contributed by atoms with Gasteiger partial charge in [-0.3, -0.25) is 19.3 Å². The molecule has 2 fully saturated rings. The standard InChI is InChI=1S/C20H23F2N3O5S/c1-12-6-4-5-9-20(12)17(28)25(19(29)24-20)10-16(27)30-11-15(26)23-13-7-2-3-8-14(13)31-18(21)22/h2-3,7-8,12,18H,4-6,9-11H2,1H3,(H,23,26)(H,24,29)/t12-,20+/m1/s1. The maximum Gasteiger partial charge on any atom is 0.326 e. The third kappa shape index (κ3) is 5.15. The highest BCUT2D eigenvalue weighted by atomic mass is 32.2. The van der Waals surface area contributed by atoms with Crippen LogP contribution in [-0.4, -0.2) is 53.2 Å². The highest BCUT2D eigenvalue weighted by molar-refractivity contribution is 7.99. The molecule has 3 rings (SSSR count). The molecule has 11 heteroatoms. The molecule has 4 amide bonds. The normalized spacial score (nSPS) is 23.2. The molecule has 0 radical (unpaired) electrons. The number of hydrogen-bond donors (Lipinski definition) is 2. The number of alkyl halides is 2. The second-order valence-corrected chi connectivity index (χ2v) is 8.56. The smallest absolute Gasteiger partial charge is 0.326 e. The summed E-state index contributed by atoms with van der Waals surface area (Å²) in [6.45, 7) is 0.607. The average molecular weight is 455 g/mol. The Morgan fingerprint density at radius 1 is 1.32 bits per heavy atom. The number of imide groups is 1. The summed E-state index contributed by atoms with van der Waals surface area (Å²) in [4.78, 5) is 50.3. The first kappa shape index (κ1) is 23.0. The Balaban J connectivity index is 1.53. The Morgan fingerprint density at radius 3 is 2.77 bits per heavy atom. The lowest BCUT2D eigenvalue weighted by Crippen LogP contribution is -2.54. The van der Waals surface area contributed by atoms with Gasteiger partial charge >= 0.3 is 12.0 Å². The number of nitrogens with zero attached hydrogens (tertiary/aromatic N) is 1. The minimum atomic E-state index is -2.66. The van der Waals surface area contributed by atoms with Crippen LogP contribution >= 0.6 is 11.8 Å². The lowest BCUT2D eigenvalue weighted by molar-refractivity contribution is -0.150. The van der Waals surface area contributed by atoms with Crippen LogP contribution < -0.4 is 10.6 Å². The van der Waals surface area contributed by atoms with Gasteiger partial charge in [-0.25, -0.2) is 4.79 Å². The second-order valence-electron chi connectivity index (χ2n) is 7.52. The van der Waals surface area contributed by atoms with Crippen molar-refractivity contribution in [2.24, 2.45) is 5.92 Å². The zero-order valence-electron chi connectivity index (χ0n) is 16.9. The third-order valence-electron chi connectivity index (χ3n) is 5.53. The molecular weight excluding hydrogens is 432 g/mol. The summed E-state index contributed by atoms with van der Waals surface area (Å²) in [5.41, 5.74) is -0.824. The minimum absolute atomic E-state index is 0.0457. The number of hydrogen-bond acceptors (Lipinski definition) is 6. The van der Waals surface area contributed by atoms with E-state index >= 15 is 0 Å². The van der Waals surface area contributed by atoms with Gasteiger partial charge in [0, 0.05) is 4.90 Å². The molecule has 8 nitrogen and oxygen atoms in total. The van der Waals surface area contributed by atoms with Crippen LogP contribution in [0.1, 0.15) is 32.6 Å². The number of thioether (sulfide) groups is 1. The molecule has 0 aromatic heterocycles. The quantitative estimate of drug-likeness (QED) is 0.372. The monoisotopic (exact) mass is 455 g/mol. The van der Waals surface area contributed by atoms with Gasteiger partial charge in [-0.1, -0.05) is 43.7 Å². The average Bonchev–Trinajstić information content (AvgIpc) is 2.95. The first-order chi connectivity index (χ1) is 14.7. The lowest BCUT2D eigenvalue weighted by Gasteiger charge is -2.36. The number of carbonyl (C=O) groups is 4. The van der Waals surface area contributed by atoms with Crippen molar-refractivity contribution in [1.82, 2.24) is 10.2 Å². The van der Waals surface area contributed by atoms with E-state index in [0.29, 0.717) is 6.42 Å². The molecule has 168 valence electrons. The Bertz CT molecular complexity index is 884. The topological polar surface area (TPSA) is 105 Å². The fraction of sp³-hybridized carbons (Fsp3) is 0.500. The van der Waals surface area contributed by atoms with Crippen LogP contribution in [-0.2, 0) is 19.1 Å². The molecule has 2 atom stereocenters. The van der Waals surface area contributed by atoms with Crippen LogP contribution in [0.5, 0.6) is 0 Å². The molecule has 1 spiro atoms. The van der Waals surface area contributed by atoms with E-state index in [-0.39, 0.29) is 28.3 Å². The van der Waals surface area contributed by atoms with E-state index in [4.69, 9.17) is 4.74 Å². The maximum atomic E-state index is 12.8. The van der Waals surface area contributed by atoms with Crippen LogP contribution in [0.4, 0.5) is 19.3 Å². The molecule has 0 bridgehead atoms. The summed E-state index contributed by atoms with van der Waals surface area (Å²) >= 11 is 0.280. The predicted octanol–water partition coefficient (Wildman–Crippen LogP) is 2.98. The first-order valence-corrected chi connectivity index (χ1v) is 10.7. The van der Waals surface area contributed by atoms with Crippen LogP contribution in [0, 0.1) is 5.92 Å². The number of amides is 4. The van der Waals surface area contributed by atoms with Crippen molar-refractivity contribution in [3.8, 4) is 0 Å². The zero-order chi connectivity index (χ0) is 22.6. The molecule has 1 aromatic rings. The van der Waals surface area contributed by atoms with Crippen LogP contribution in [0.15, 0.2) is 29.2 Å². The fourth-order valence-electron chi connectivity index (χ4n) is 3.91. The SMILES string of the molecule is C[C@@H]1CCCC[C@]12NC(=O)N(CC(=O)OCC(=O)Nc1ccccc1SC(F)F)C2=O. The zero-order valence-corrected chi connectivity index (χ0v) is 17.7. The van der Waals surface area contributed by atoms with E-state index < -0.39 is 48.3 Å². The van der Waals surface area contributed by atoms with Gasteiger partial charge in [-0.05, 0) is 30.9 Å². The Morgan fingerprint density at radius 2 is 2.06 bits per heavy atom. The summed E-state index contributed by atoms with van der Waals surface area (Å²) < 4.78 is 30.1. The van der Waals surface area contributed by atoms with Gasteiger partial charge in [-0.2, -0.15) is 8.78 Å². The molecule has 1 heterocycles. The van der Waals surface area contributed by atoms with Crippen molar-refractivity contribution in [1.29, 1.82) is 0 Å². The van der Waals surface area contributed by atoms with Crippen LogP contribution in [0.25, 0.3) is 0 Å². The lowest BCUT2D eigenvalue weighted by atomic mass is 9.73. The van der Waals surface area contributed by atoms with Crippen molar-refractivity contribution in [3.05, 3.63) is 24.3 Å². The van der Waals surface area contributed by atoms with Gasteiger partial charge in [0.1, 0.15) is 12.1 Å². The van der Waals surface area contributed by atoms with Crippen molar-refractivity contribution in [3.63, 3.8) is 0 Å². The van der Waals surface area contributed by atoms with E-state index in [0.717, 1.165) is 24.2 Å². The van der Waals surface area contributed by atoms with Gasteiger partial charge in [0.05, 0.1) is 5.69 Å². The molecule has 0 unspecified atom stereocenters. The molecule has 1 aliphatic carbocycles. The maximum absolute atomic E-state index is 12.8. The molecule has 1 aromatic carbocycles. The first-order valence-electron chi connectivity index (χ1n) is 9.86. The number of benzene rings is 1. The summed E-state index contributed by atoms with van der Waals surface area (Å²) in [7, 11) is 0. The molecule has 1 aliphatic heterocycles. The summed E-state index contributed by atoms with van der Waals surface area (Å²) in [5, 5.41) is 5.13. The van der Waals surface area contributed by atoms with Crippen molar-refractivity contribution in [2.45, 2.75) is 48.8 Å². The number of nitrogens with one attached hydrogen (secondary N) is 2. The van der Waals surface area contributed by atoms with E-state index in [2.05, 4.69) is 10.6 Å². The third-order valence-corrected chi connectivity index (χ3v) is 6.32. The molecule has 1 saturated heterocycles. The number of rotatable bonds is 7. The van der Waals surface area contributed by atoms with Gasteiger partial charge in [0.15, 0.2) is 6.61 Å². The molecule has 31 heavy (non-hydrogen) atoms. The van der Waals surface area contributed by atoms with E-state index in [9.17, 15) is 28.0 Å². The Kier molecular flexibility index (Phi) is 7.14. The summed E-state index contributed by atoms with van der Waals surface area (Å²) in [5.74, 6) is -4.81. The van der Waals surface area contributed by atoms with Crippen LogP contribution in [0.2, 0.25) is 0 Å². The van der Waals surface area contributed by atoms with Crippen LogP contribution in [0.3, 0.4) is 0 Å². The van der Waals surface area contributed by atoms with E-state index in [1.807, 2.05) is 6.92 Å². The predicted molar refractivity (Wildman–Crippen MR) is 108 cm³/mol. The van der Waals surface area contributed by atoms with Crippen molar-refractivity contribution < 1.29 is 32.7 Å². The molecular formula is C20H23F2N3O5S. The van der Waals surface area contributed by atoms with Gasteiger partial charge in [0.25, 0.3) is 17.6 Å². The highest BCUT2D eigenvalue weighted by Crippen LogP contribution is 2.38. The largest absolute Gasteiger partial charge is 0.454 e. The fourth-order valence-corrected chi connectivity index (χ4v) is 4.51. The Labute approximate surface area is 182 Å². The molecule has 1 saturated carbocycles. The number of para-hydroxylation sites is 1.